The van der Waals surface area contributed by atoms with E-state index in [-0.39, 0.29) is 5.41 Å². The fourth-order valence-electron chi connectivity index (χ4n) is 2.91. The second kappa shape index (κ2) is 5.49. The maximum atomic E-state index is 6.04. The Labute approximate surface area is 117 Å². The number of nitrogens with two attached hydrogens (primary N) is 1. The third-order valence-corrected chi connectivity index (χ3v) is 4.62. The van der Waals surface area contributed by atoms with E-state index in [1.807, 2.05) is 6.07 Å². The van der Waals surface area contributed by atoms with Crippen molar-refractivity contribution in [1.29, 1.82) is 0 Å². The highest BCUT2D eigenvalue weighted by Gasteiger charge is 2.37. The van der Waals surface area contributed by atoms with E-state index in [0.29, 0.717) is 6.54 Å². The van der Waals surface area contributed by atoms with E-state index in [0.717, 1.165) is 28.8 Å². The highest BCUT2D eigenvalue weighted by atomic mass is 79.9. The molecule has 3 nitrogen and oxygen atoms in total. The first-order valence-electron chi connectivity index (χ1n) is 6.29. The van der Waals surface area contributed by atoms with E-state index in [4.69, 9.17) is 15.2 Å². The molecular formula is C14H20BrNO2. The lowest BCUT2D eigenvalue weighted by Gasteiger charge is -2.30. The SMILES string of the molecule is COc1cc(OC)c(C2(CN)CCCC2)cc1Br. The molecule has 0 heterocycles. The van der Waals surface area contributed by atoms with Gasteiger partial charge in [0.05, 0.1) is 18.7 Å². The van der Waals surface area contributed by atoms with Crippen molar-refractivity contribution in [2.24, 2.45) is 5.73 Å². The Bertz CT molecular complexity index is 428. The van der Waals surface area contributed by atoms with Gasteiger partial charge in [-0.1, -0.05) is 12.8 Å². The average Bonchev–Trinajstić information content (AvgIpc) is 2.88. The summed E-state index contributed by atoms with van der Waals surface area (Å²) in [5.74, 6) is 1.67. The molecule has 1 aliphatic carbocycles. The van der Waals surface area contributed by atoms with E-state index >= 15 is 0 Å². The molecule has 1 aromatic rings. The highest BCUT2D eigenvalue weighted by molar-refractivity contribution is 9.10. The van der Waals surface area contributed by atoms with Crippen molar-refractivity contribution in [3.63, 3.8) is 0 Å². The van der Waals surface area contributed by atoms with E-state index in [2.05, 4.69) is 22.0 Å². The number of hydrogen-bond donors (Lipinski definition) is 1. The first-order valence-corrected chi connectivity index (χ1v) is 7.08. The molecule has 0 bridgehead atoms. The number of benzene rings is 1. The quantitative estimate of drug-likeness (QED) is 0.928. The molecule has 0 aliphatic heterocycles. The summed E-state index contributed by atoms with van der Waals surface area (Å²) in [6.07, 6.45) is 4.76. The van der Waals surface area contributed by atoms with Crippen LogP contribution in [0.5, 0.6) is 11.5 Å². The van der Waals surface area contributed by atoms with Crippen molar-refractivity contribution in [1.82, 2.24) is 0 Å². The van der Waals surface area contributed by atoms with Crippen LogP contribution < -0.4 is 15.2 Å². The van der Waals surface area contributed by atoms with Crippen LogP contribution >= 0.6 is 15.9 Å². The Balaban J connectivity index is 2.52. The van der Waals surface area contributed by atoms with Gasteiger partial charge < -0.3 is 15.2 Å². The number of halogens is 1. The van der Waals surface area contributed by atoms with Gasteiger partial charge in [-0.2, -0.15) is 0 Å². The Hall–Kier alpha value is -0.740. The molecule has 0 aromatic heterocycles. The van der Waals surface area contributed by atoms with Crippen molar-refractivity contribution < 1.29 is 9.47 Å². The molecule has 1 aromatic carbocycles. The second-order valence-corrected chi connectivity index (χ2v) is 5.73. The first kappa shape index (κ1) is 13.7. The third kappa shape index (κ3) is 2.24. The van der Waals surface area contributed by atoms with Gasteiger partial charge in [0.15, 0.2) is 0 Å². The monoisotopic (exact) mass is 313 g/mol. The molecule has 0 atom stereocenters. The lowest BCUT2D eigenvalue weighted by atomic mass is 9.78. The Morgan fingerprint density at radius 3 is 2.28 bits per heavy atom. The topological polar surface area (TPSA) is 44.5 Å². The van der Waals surface area contributed by atoms with Crippen LogP contribution in [0.25, 0.3) is 0 Å². The van der Waals surface area contributed by atoms with Gasteiger partial charge in [0, 0.05) is 23.6 Å². The Kier molecular flexibility index (Phi) is 4.17. The first-order chi connectivity index (χ1) is 8.66. The molecule has 4 heteroatoms. The molecule has 18 heavy (non-hydrogen) atoms. The van der Waals surface area contributed by atoms with Crippen LogP contribution in [-0.2, 0) is 5.41 Å². The summed E-state index contributed by atoms with van der Waals surface area (Å²) in [6, 6.07) is 4.05. The summed E-state index contributed by atoms with van der Waals surface area (Å²) in [4.78, 5) is 0. The zero-order valence-electron chi connectivity index (χ0n) is 11.0. The van der Waals surface area contributed by atoms with E-state index < -0.39 is 0 Å². The molecule has 1 saturated carbocycles. The number of ether oxygens (including phenoxy) is 2. The predicted molar refractivity (Wildman–Crippen MR) is 76.4 cm³/mol. The fraction of sp³-hybridized carbons (Fsp3) is 0.571. The normalized spacial score (nSPS) is 17.8. The third-order valence-electron chi connectivity index (χ3n) is 4.00. The van der Waals surface area contributed by atoms with Gasteiger partial charge in [-0.15, -0.1) is 0 Å². The zero-order valence-corrected chi connectivity index (χ0v) is 12.5. The fourth-order valence-corrected chi connectivity index (χ4v) is 3.41. The number of hydrogen-bond acceptors (Lipinski definition) is 3. The highest BCUT2D eigenvalue weighted by Crippen LogP contribution is 2.46. The predicted octanol–water partition coefficient (Wildman–Crippen LogP) is 3.24. The van der Waals surface area contributed by atoms with Gasteiger partial charge in [0.25, 0.3) is 0 Å². The molecule has 0 saturated heterocycles. The Morgan fingerprint density at radius 2 is 1.78 bits per heavy atom. The minimum Gasteiger partial charge on any atom is -0.496 e. The molecule has 100 valence electrons. The molecular weight excluding hydrogens is 294 g/mol. The van der Waals surface area contributed by atoms with Crippen LogP contribution in [0.2, 0.25) is 0 Å². The lowest BCUT2D eigenvalue weighted by Crippen LogP contribution is -2.32. The molecule has 0 radical (unpaired) electrons. The van der Waals surface area contributed by atoms with E-state index in [1.54, 1.807) is 14.2 Å². The van der Waals surface area contributed by atoms with Crippen LogP contribution in [0.1, 0.15) is 31.2 Å². The van der Waals surface area contributed by atoms with Crippen molar-refractivity contribution >= 4 is 15.9 Å². The zero-order chi connectivity index (χ0) is 13.2. The lowest BCUT2D eigenvalue weighted by molar-refractivity contribution is 0.367. The molecule has 2 rings (SSSR count). The second-order valence-electron chi connectivity index (χ2n) is 4.88. The van der Waals surface area contributed by atoms with Crippen molar-refractivity contribution in [3.05, 3.63) is 22.2 Å². The van der Waals surface area contributed by atoms with Gasteiger partial charge >= 0.3 is 0 Å². The largest absolute Gasteiger partial charge is 0.496 e. The minimum atomic E-state index is 0.0696. The van der Waals surface area contributed by atoms with Crippen molar-refractivity contribution in [2.45, 2.75) is 31.1 Å². The summed E-state index contributed by atoms with van der Waals surface area (Å²) >= 11 is 3.55. The standard InChI is InChI=1S/C14H20BrNO2/c1-17-12-8-13(18-2)11(15)7-10(12)14(9-16)5-3-4-6-14/h7-8H,3-6,9,16H2,1-2H3. The van der Waals surface area contributed by atoms with Gasteiger partial charge in [-0.05, 0) is 34.8 Å². The van der Waals surface area contributed by atoms with Crippen molar-refractivity contribution in [3.8, 4) is 11.5 Å². The van der Waals surface area contributed by atoms with Crippen LogP contribution in [0.3, 0.4) is 0 Å². The summed E-state index contributed by atoms with van der Waals surface area (Å²) < 4.78 is 11.8. The summed E-state index contributed by atoms with van der Waals surface area (Å²) in [6.45, 7) is 0.669. The maximum Gasteiger partial charge on any atom is 0.136 e. The van der Waals surface area contributed by atoms with Crippen LogP contribution in [0, 0.1) is 0 Å². The summed E-state index contributed by atoms with van der Waals surface area (Å²) in [5.41, 5.74) is 7.32. The van der Waals surface area contributed by atoms with Gasteiger partial charge in [-0.3, -0.25) is 0 Å². The molecule has 1 aliphatic rings. The van der Waals surface area contributed by atoms with Gasteiger partial charge in [0.2, 0.25) is 0 Å². The van der Waals surface area contributed by atoms with Gasteiger partial charge in [0.1, 0.15) is 11.5 Å². The molecule has 0 spiro atoms. The van der Waals surface area contributed by atoms with Crippen molar-refractivity contribution in [2.75, 3.05) is 20.8 Å². The van der Waals surface area contributed by atoms with E-state index in [9.17, 15) is 0 Å². The number of methoxy groups -OCH3 is 2. The van der Waals surface area contributed by atoms with Crippen LogP contribution in [0.15, 0.2) is 16.6 Å². The van der Waals surface area contributed by atoms with E-state index in [1.165, 1.54) is 18.4 Å². The number of rotatable bonds is 4. The molecule has 2 N–H and O–H groups in total. The maximum absolute atomic E-state index is 6.04. The molecule has 0 amide bonds. The van der Waals surface area contributed by atoms with Crippen LogP contribution in [-0.4, -0.2) is 20.8 Å². The van der Waals surface area contributed by atoms with Gasteiger partial charge in [-0.25, -0.2) is 0 Å². The van der Waals surface area contributed by atoms with Crippen LogP contribution in [0.4, 0.5) is 0 Å². The smallest absolute Gasteiger partial charge is 0.136 e. The Morgan fingerprint density at radius 1 is 1.17 bits per heavy atom. The molecule has 1 fully saturated rings. The average molecular weight is 314 g/mol. The summed E-state index contributed by atoms with van der Waals surface area (Å²) in [7, 11) is 3.36. The minimum absolute atomic E-state index is 0.0696. The molecule has 0 unspecified atom stereocenters. The summed E-state index contributed by atoms with van der Waals surface area (Å²) in [5, 5.41) is 0.